The molecular formula is C10H13N5O. The molecule has 84 valence electrons. The third kappa shape index (κ3) is 1.39. The molecule has 2 aromatic heterocycles. The second kappa shape index (κ2) is 3.48. The summed E-state index contributed by atoms with van der Waals surface area (Å²) in [4.78, 5) is 12.1. The summed E-state index contributed by atoms with van der Waals surface area (Å²) in [5, 5.41) is 8.05. The zero-order chi connectivity index (χ0) is 11.9. The number of aryl methyl sites for hydroxylation is 2. The molecule has 0 aliphatic carbocycles. The Balaban J connectivity index is 2.50. The lowest BCUT2D eigenvalue weighted by molar-refractivity contribution is 0.0933. The molecule has 0 amide bonds. The van der Waals surface area contributed by atoms with Gasteiger partial charge in [-0.1, -0.05) is 0 Å². The molecular weight excluding hydrogens is 206 g/mol. The quantitative estimate of drug-likeness (QED) is 0.757. The minimum Gasteiger partial charge on any atom is -0.396 e. The summed E-state index contributed by atoms with van der Waals surface area (Å²) in [6, 6.07) is 1.65. The number of rotatable bonds is 1. The molecule has 2 N–H and O–H groups in total. The Hall–Kier alpha value is -2.11. The van der Waals surface area contributed by atoms with Crippen molar-refractivity contribution in [2.75, 3.05) is 5.73 Å². The average molecular weight is 219 g/mol. The predicted octanol–water partition coefficient (Wildman–Crippen LogP) is 0.504. The summed E-state index contributed by atoms with van der Waals surface area (Å²) in [6.45, 7) is 3.54. The number of nitrogens with zero attached hydrogens (tertiary/aromatic N) is 4. The maximum absolute atomic E-state index is 12.1. The van der Waals surface area contributed by atoms with Gasteiger partial charge in [0.05, 0.1) is 17.1 Å². The lowest BCUT2D eigenvalue weighted by Crippen LogP contribution is -2.18. The molecule has 0 saturated carbocycles. The number of aromatic nitrogens is 4. The van der Waals surface area contributed by atoms with Gasteiger partial charge in [0.1, 0.15) is 5.69 Å². The summed E-state index contributed by atoms with van der Waals surface area (Å²) >= 11 is 0. The van der Waals surface area contributed by atoms with E-state index in [1.165, 1.54) is 9.36 Å². The summed E-state index contributed by atoms with van der Waals surface area (Å²) in [5.74, 6) is -0.225. The van der Waals surface area contributed by atoms with Crippen LogP contribution >= 0.6 is 0 Å². The van der Waals surface area contributed by atoms with Crippen LogP contribution in [0.25, 0.3) is 0 Å². The van der Waals surface area contributed by atoms with Crippen molar-refractivity contribution < 1.29 is 4.79 Å². The summed E-state index contributed by atoms with van der Waals surface area (Å²) in [6.07, 6.45) is 1.57. The number of carbonyl (C=O) groups is 1. The average Bonchev–Trinajstić information content (AvgIpc) is 2.77. The number of nitrogens with two attached hydrogens (primary N) is 1. The topological polar surface area (TPSA) is 78.7 Å². The van der Waals surface area contributed by atoms with Gasteiger partial charge in [-0.05, 0) is 19.9 Å². The molecule has 2 heterocycles. The molecule has 0 unspecified atom stereocenters. The van der Waals surface area contributed by atoms with Gasteiger partial charge in [0.15, 0.2) is 0 Å². The van der Waals surface area contributed by atoms with Gasteiger partial charge in [-0.15, -0.1) is 0 Å². The van der Waals surface area contributed by atoms with E-state index in [1.54, 1.807) is 33.2 Å². The van der Waals surface area contributed by atoms with Crippen LogP contribution in [0.1, 0.15) is 21.9 Å². The van der Waals surface area contributed by atoms with Crippen LogP contribution in [0.2, 0.25) is 0 Å². The molecule has 0 radical (unpaired) electrons. The molecule has 2 rings (SSSR count). The maximum Gasteiger partial charge on any atom is 0.296 e. The lowest BCUT2D eigenvalue weighted by atomic mass is 10.3. The van der Waals surface area contributed by atoms with Crippen LogP contribution < -0.4 is 5.73 Å². The molecule has 2 aromatic rings. The summed E-state index contributed by atoms with van der Waals surface area (Å²) < 4.78 is 2.82. The Morgan fingerprint density at radius 2 is 2.12 bits per heavy atom. The van der Waals surface area contributed by atoms with Crippen LogP contribution in [0.3, 0.4) is 0 Å². The Morgan fingerprint density at radius 3 is 2.56 bits per heavy atom. The van der Waals surface area contributed by atoms with Gasteiger partial charge in [-0.25, -0.2) is 0 Å². The lowest BCUT2D eigenvalue weighted by Gasteiger charge is -2.03. The van der Waals surface area contributed by atoms with E-state index in [0.29, 0.717) is 22.8 Å². The fourth-order valence-corrected chi connectivity index (χ4v) is 1.54. The number of anilines is 1. The first-order valence-corrected chi connectivity index (χ1v) is 4.86. The standard InChI is InChI=1S/C10H13N5O/c1-6-9(11)7(2)15(13-6)10(16)8-4-5-12-14(8)3/h4-5H,11H2,1-3H3. The predicted molar refractivity (Wildman–Crippen MR) is 59.0 cm³/mol. The number of hydrogen-bond donors (Lipinski definition) is 1. The van der Waals surface area contributed by atoms with Crippen molar-refractivity contribution in [1.82, 2.24) is 19.6 Å². The van der Waals surface area contributed by atoms with Crippen molar-refractivity contribution in [3.8, 4) is 0 Å². The monoisotopic (exact) mass is 219 g/mol. The molecule has 6 nitrogen and oxygen atoms in total. The van der Waals surface area contributed by atoms with Gasteiger partial charge in [-0.3, -0.25) is 9.48 Å². The Bertz CT molecular complexity index is 552. The van der Waals surface area contributed by atoms with Crippen LogP contribution in [-0.4, -0.2) is 25.5 Å². The van der Waals surface area contributed by atoms with Crippen LogP contribution in [-0.2, 0) is 7.05 Å². The first kappa shape index (κ1) is 10.4. The van der Waals surface area contributed by atoms with Crippen LogP contribution in [0, 0.1) is 13.8 Å². The highest BCUT2D eigenvalue weighted by Crippen LogP contribution is 2.15. The molecule has 0 bridgehead atoms. The van der Waals surface area contributed by atoms with E-state index in [-0.39, 0.29) is 5.91 Å². The highest BCUT2D eigenvalue weighted by molar-refractivity contribution is 5.94. The Morgan fingerprint density at radius 1 is 1.44 bits per heavy atom. The van der Waals surface area contributed by atoms with Crippen molar-refractivity contribution in [3.05, 3.63) is 29.3 Å². The maximum atomic E-state index is 12.1. The van der Waals surface area contributed by atoms with E-state index in [9.17, 15) is 4.79 Å². The summed E-state index contributed by atoms with van der Waals surface area (Å²) in [7, 11) is 1.71. The zero-order valence-electron chi connectivity index (χ0n) is 9.43. The molecule has 0 aliphatic heterocycles. The minimum absolute atomic E-state index is 0.225. The van der Waals surface area contributed by atoms with E-state index in [2.05, 4.69) is 10.2 Å². The second-order valence-electron chi connectivity index (χ2n) is 3.64. The van der Waals surface area contributed by atoms with Crippen molar-refractivity contribution in [2.45, 2.75) is 13.8 Å². The van der Waals surface area contributed by atoms with Gasteiger partial charge < -0.3 is 5.73 Å². The summed E-state index contributed by atoms with van der Waals surface area (Å²) in [5.41, 5.74) is 8.12. The molecule has 0 atom stereocenters. The van der Waals surface area contributed by atoms with Gasteiger partial charge in [0, 0.05) is 13.2 Å². The number of nitrogen functional groups attached to an aromatic ring is 1. The largest absolute Gasteiger partial charge is 0.396 e. The van der Waals surface area contributed by atoms with Crippen LogP contribution in [0.15, 0.2) is 12.3 Å². The fraction of sp³-hybridized carbons (Fsp3) is 0.300. The molecule has 0 saturated heterocycles. The van der Waals surface area contributed by atoms with E-state index >= 15 is 0 Å². The van der Waals surface area contributed by atoms with E-state index < -0.39 is 0 Å². The first-order chi connectivity index (χ1) is 7.52. The first-order valence-electron chi connectivity index (χ1n) is 4.86. The van der Waals surface area contributed by atoms with Crippen LogP contribution in [0.4, 0.5) is 5.69 Å². The third-order valence-corrected chi connectivity index (χ3v) is 2.58. The van der Waals surface area contributed by atoms with Crippen molar-refractivity contribution >= 4 is 11.6 Å². The number of hydrogen-bond acceptors (Lipinski definition) is 4. The smallest absolute Gasteiger partial charge is 0.296 e. The van der Waals surface area contributed by atoms with Crippen molar-refractivity contribution in [2.24, 2.45) is 7.05 Å². The van der Waals surface area contributed by atoms with E-state index in [1.807, 2.05) is 0 Å². The highest BCUT2D eigenvalue weighted by atomic mass is 16.2. The van der Waals surface area contributed by atoms with Gasteiger partial charge in [0.2, 0.25) is 0 Å². The molecule has 0 fully saturated rings. The molecule has 0 spiro atoms. The molecule has 0 aromatic carbocycles. The normalized spacial score (nSPS) is 10.7. The third-order valence-electron chi connectivity index (χ3n) is 2.58. The molecule has 0 aliphatic rings. The van der Waals surface area contributed by atoms with E-state index in [4.69, 9.17) is 5.73 Å². The van der Waals surface area contributed by atoms with Crippen molar-refractivity contribution in [3.63, 3.8) is 0 Å². The highest BCUT2D eigenvalue weighted by Gasteiger charge is 2.18. The van der Waals surface area contributed by atoms with Gasteiger partial charge in [-0.2, -0.15) is 14.9 Å². The SMILES string of the molecule is Cc1nn(C(=O)c2ccnn2C)c(C)c1N. The Kier molecular flexibility index (Phi) is 2.26. The Labute approximate surface area is 92.7 Å². The molecule has 6 heteroatoms. The second-order valence-corrected chi connectivity index (χ2v) is 3.64. The van der Waals surface area contributed by atoms with Crippen LogP contribution in [0.5, 0.6) is 0 Å². The van der Waals surface area contributed by atoms with Crippen molar-refractivity contribution in [1.29, 1.82) is 0 Å². The molecule has 16 heavy (non-hydrogen) atoms. The van der Waals surface area contributed by atoms with Gasteiger partial charge >= 0.3 is 0 Å². The minimum atomic E-state index is -0.225. The zero-order valence-corrected chi connectivity index (χ0v) is 9.43. The fourth-order valence-electron chi connectivity index (χ4n) is 1.54. The van der Waals surface area contributed by atoms with E-state index in [0.717, 1.165) is 0 Å². The number of carbonyl (C=O) groups excluding carboxylic acids is 1. The van der Waals surface area contributed by atoms with Gasteiger partial charge in [0.25, 0.3) is 5.91 Å².